The number of carbonyl (C=O) groups is 1. The molecule has 5 rings (SSSR count). The Bertz CT molecular complexity index is 1240. The molecule has 0 saturated carbocycles. The number of fused-ring (bicyclic) bond motifs is 1. The summed E-state index contributed by atoms with van der Waals surface area (Å²) in [7, 11) is 0. The third-order valence-corrected chi connectivity index (χ3v) is 6.49. The molecule has 0 unspecified atom stereocenters. The van der Waals surface area contributed by atoms with Crippen molar-refractivity contribution in [3.05, 3.63) is 42.2 Å². The summed E-state index contributed by atoms with van der Waals surface area (Å²) in [6.07, 6.45) is -4.25. The molecule has 0 atom stereocenters. The second-order valence-electron chi connectivity index (χ2n) is 8.92. The number of aromatic nitrogens is 3. The average Bonchev–Trinajstić information content (AvgIpc) is 3.12. The van der Waals surface area contributed by atoms with Gasteiger partial charge in [-0.15, -0.1) is 13.2 Å². The van der Waals surface area contributed by atoms with Crippen LogP contribution in [0.25, 0.3) is 16.7 Å². The van der Waals surface area contributed by atoms with Crippen LogP contribution in [0.3, 0.4) is 0 Å². The number of alkyl halides is 3. The van der Waals surface area contributed by atoms with Gasteiger partial charge in [0.05, 0.1) is 41.1 Å². The van der Waals surface area contributed by atoms with Crippen molar-refractivity contribution >= 4 is 22.8 Å². The summed E-state index contributed by atoms with van der Waals surface area (Å²) in [5, 5.41) is 34.0. The van der Waals surface area contributed by atoms with E-state index in [9.17, 15) is 33.3 Å². The molecule has 3 N–H and O–H groups in total. The van der Waals surface area contributed by atoms with E-state index >= 15 is 0 Å². The smallest absolute Gasteiger partial charge is 0.465 e. The highest BCUT2D eigenvalue weighted by molar-refractivity contribution is 5.94. The Hall–Kier alpha value is -3.58. The van der Waals surface area contributed by atoms with Gasteiger partial charge in [-0.1, -0.05) is 0 Å². The van der Waals surface area contributed by atoms with Crippen LogP contribution >= 0.6 is 0 Å². The van der Waals surface area contributed by atoms with Crippen molar-refractivity contribution in [1.29, 1.82) is 0 Å². The number of carboxylic acid groups (broad SMARTS) is 1. The molecule has 2 aliphatic rings. The van der Waals surface area contributed by atoms with E-state index in [2.05, 4.69) is 9.72 Å². The van der Waals surface area contributed by atoms with Crippen molar-refractivity contribution in [3.63, 3.8) is 0 Å². The summed E-state index contributed by atoms with van der Waals surface area (Å²) in [6, 6.07) is 7.03. The van der Waals surface area contributed by atoms with Crippen molar-refractivity contribution in [1.82, 2.24) is 19.7 Å². The summed E-state index contributed by atoms with van der Waals surface area (Å²) in [4.78, 5) is 19.0. The lowest BCUT2D eigenvalue weighted by atomic mass is 9.80. The third-order valence-electron chi connectivity index (χ3n) is 6.49. The molecule has 0 aliphatic carbocycles. The Morgan fingerprint density at radius 1 is 1.11 bits per heavy atom. The van der Waals surface area contributed by atoms with E-state index in [4.69, 9.17) is 5.10 Å². The number of nitrogens with zero attached hydrogens (tertiary/aromatic N) is 5. The molecule has 2 fully saturated rings. The van der Waals surface area contributed by atoms with Crippen LogP contribution in [0.4, 0.5) is 23.7 Å². The zero-order valence-corrected chi connectivity index (χ0v) is 18.3. The number of anilines is 1. The molecule has 35 heavy (non-hydrogen) atoms. The number of hydrogen-bond donors (Lipinski definition) is 3. The standard InChI is InChI=1S/C22H22F3N5O5/c23-22(24,25)35-15-3-1-14(2-4-15)30-19-17(18(27-30)13-7-28(8-13)20(33)34)16(5-6-26-19)29-9-21(10-29,11-31)12-32/h1-6,13,31-32H,7-12H2,(H,33,34). The van der Waals surface area contributed by atoms with Crippen LogP contribution in [0.1, 0.15) is 11.6 Å². The van der Waals surface area contributed by atoms with Gasteiger partial charge in [0.15, 0.2) is 5.65 Å². The lowest BCUT2D eigenvalue weighted by molar-refractivity contribution is -0.274. The SMILES string of the molecule is O=C(O)N1CC(c2nn(-c3ccc(OC(F)(F)F)cc3)c3nccc(N4CC(CO)(CO)C4)c23)C1. The lowest BCUT2D eigenvalue weighted by Crippen LogP contribution is -2.60. The van der Waals surface area contributed by atoms with Gasteiger partial charge in [-0.05, 0) is 30.3 Å². The van der Waals surface area contributed by atoms with E-state index in [1.54, 1.807) is 12.3 Å². The first kappa shape index (κ1) is 23.2. The van der Waals surface area contributed by atoms with Gasteiger partial charge in [0.25, 0.3) is 0 Å². The first-order valence-corrected chi connectivity index (χ1v) is 10.8. The van der Waals surface area contributed by atoms with Gasteiger partial charge in [-0.2, -0.15) is 5.10 Å². The molecule has 0 spiro atoms. The fourth-order valence-electron chi connectivity index (χ4n) is 4.56. The monoisotopic (exact) mass is 493 g/mol. The molecular weight excluding hydrogens is 471 g/mol. The van der Waals surface area contributed by atoms with Crippen molar-refractivity contribution in [2.24, 2.45) is 5.41 Å². The number of hydrogen-bond acceptors (Lipinski definition) is 7. The number of amides is 1. The molecule has 2 saturated heterocycles. The number of benzene rings is 1. The number of rotatable bonds is 6. The molecule has 2 aromatic heterocycles. The number of pyridine rings is 1. The van der Waals surface area contributed by atoms with Crippen LogP contribution < -0.4 is 9.64 Å². The zero-order chi connectivity index (χ0) is 25.0. The Labute approximate surface area is 196 Å². The highest BCUT2D eigenvalue weighted by Gasteiger charge is 2.44. The number of aliphatic hydroxyl groups excluding tert-OH is 2. The second kappa shape index (κ2) is 8.27. The van der Waals surface area contributed by atoms with Gasteiger partial charge in [0.2, 0.25) is 0 Å². The van der Waals surface area contributed by atoms with Gasteiger partial charge >= 0.3 is 12.5 Å². The number of aliphatic hydroxyl groups is 2. The molecule has 1 amide bonds. The Morgan fingerprint density at radius 2 is 1.77 bits per heavy atom. The molecule has 0 bridgehead atoms. The Morgan fingerprint density at radius 3 is 2.34 bits per heavy atom. The maximum Gasteiger partial charge on any atom is 0.573 e. The van der Waals surface area contributed by atoms with Crippen LogP contribution in [0, 0.1) is 5.41 Å². The predicted octanol–water partition coefficient (Wildman–Crippen LogP) is 2.19. The number of halogens is 3. The molecule has 10 nitrogen and oxygen atoms in total. The number of ether oxygens (including phenoxy) is 1. The minimum absolute atomic E-state index is 0.164. The first-order chi connectivity index (χ1) is 16.6. The van der Waals surface area contributed by atoms with Crippen LogP contribution in [-0.2, 0) is 0 Å². The molecule has 186 valence electrons. The topological polar surface area (TPSA) is 124 Å². The maximum absolute atomic E-state index is 12.5. The molecule has 13 heteroatoms. The van der Waals surface area contributed by atoms with Gasteiger partial charge in [-0.3, -0.25) is 0 Å². The van der Waals surface area contributed by atoms with Crippen LogP contribution in [-0.4, -0.2) is 86.8 Å². The molecule has 2 aliphatic heterocycles. The summed E-state index contributed by atoms with van der Waals surface area (Å²) in [5.74, 6) is -0.556. The summed E-state index contributed by atoms with van der Waals surface area (Å²) in [5.41, 5.74) is 1.71. The van der Waals surface area contributed by atoms with E-state index in [0.717, 1.165) is 5.69 Å². The van der Waals surface area contributed by atoms with Gasteiger partial charge in [-0.25, -0.2) is 14.5 Å². The quantitative estimate of drug-likeness (QED) is 0.478. The van der Waals surface area contributed by atoms with Crippen molar-refractivity contribution in [2.45, 2.75) is 12.3 Å². The third kappa shape index (κ3) is 4.10. The molecule has 3 aromatic rings. The summed E-state index contributed by atoms with van der Waals surface area (Å²) < 4.78 is 43.1. The van der Waals surface area contributed by atoms with E-state index in [1.807, 2.05) is 4.90 Å². The molecular formula is C22H22F3N5O5. The zero-order valence-electron chi connectivity index (χ0n) is 18.3. The molecule has 0 radical (unpaired) electrons. The van der Waals surface area contributed by atoms with E-state index in [0.29, 0.717) is 35.5 Å². The fourth-order valence-corrected chi connectivity index (χ4v) is 4.56. The van der Waals surface area contributed by atoms with Gasteiger partial charge < -0.3 is 29.9 Å². The average molecular weight is 493 g/mol. The maximum atomic E-state index is 12.5. The van der Waals surface area contributed by atoms with Crippen LogP contribution in [0.2, 0.25) is 0 Å². The Kier molecular flexibility index (Phi) is 5.48. The normalized spacial score (nSPS) is 17.9. The predicted molar refractivity (Wildman–Crippen MR) is 117 cm³/mol. The minimum Gasteiger partial charge on any atom is -0.465 e. The van der Waals surface area contributed by atoms with Crippen molar-refractivity contribution < 1.29 is 38.0 Å². The minimum atomic E-state index is -4.81. The Balaban J connectivity index is 1.55. The van der Waals surface area contributed by atoms with Gasteiger partial charge in [0.1, 0.15) is 5.75 Å². The fraction of sp³-hybridized carbons (Fsp3) is 0.409. The molecule has 1 aromatic carbocycles. The lowest BCUT2D eigenvalue weighted by Gasteiger charge is -2.49. The van der Waals surface area contributed by atoms with E-state index < -0.39 is 17.9 Å². The van der Waals surface area contributed by atoms with E-state index in [-0.39, 0.29) is 38.0 Å². The van der Waals surface area contributed by atoms with E-state index in [1.165, 1.54) is 33.8 Å². The summed E-state index contributed by atoms with van der Waals surface area (Å²) in [6.45, 7) is 1.01. The van der Waals surface area contributed by atoms with Crippen molar-refractivity contribution in [2.75, 3.05) is 44.3 Å². The molecule has 4 heterocycles. The summed E-state index contributed by atoms with van der Waals surface area (Å²) >= 11 is 0. The van der Waals surface area contributed by atoms with Crippen LogP contribution in [0.15, 0.2) is 36.5 Å². The largest absolute Gasteiger partial charge is 0.573 e. The van der Waals surface area contributed by atoms with Crippen LogP contribution in [0.5, 0.6) is 5.75 Å². The number of likely N-dealkylation sites (tertiary alicyclic amines) is 1. The highest BCUT2D eigenvalue weighted by Crippen LogP contribution is 2.41. The van der Waals surface area contributed by atoms with Crippen molar-refractivity contribution in [3.8, 4) is 11.4 Å². The van der Waals surface area contributed by atoms with Gasteiger partial charge in [0, 0.05) is 38.3 Å². The second-order valence-corrected chi connectivity index (χ2v) is 8.92. The highest BCUT2D eigenvalue weighted by atomic mass is 19.4. The first-order valence-electron chi connectivity index (χ1n) is 10.8.